The molecule has 0 aromatic rings. The summed E-state index contributed by atoms with van der Waals surface area (Å²) in [5, 5.41) is 0. The zero-order chi connectivity index (χ0) is 25.3. The summed E-state index contributed by atoms with van der Waals surface area (Å²) >= 11 is 0. The fraction of sp³-hybridized carbons (Fsp3) is 0.929. The second kappa shape index (κ2) is 8.94. The van der Waals surface area contributed by atoms with Crippen LogP contribution in [0.2, 0.25) is 58.9 Å². The largest absolute Gasteiger partial charge is 0.414 e. The Morgan fingerprint density at radius 2 is 1.38 bits per heavy atom. The first-order valence-corrected chi connectivity index (χ1v) is 24.4. The second-order valence-corrected chi connectivity index (χ2v) is 28.9. The molecule has 4 aliphatic carbocycles. The highest BCUT2D eigenvalue weighted by Gasteiger charge is 2.62. The van der Waals surface area contributed by atoms with Crippen molar-refractivity contribution in [1.82, 2.24) is 0 Å². The molecule has 3 saturated carbocycles. The first-order valence-electron chi connectivity index (χ1n) is 14.1. The van der Waals surface area contributed by atoms with E-state index in [0.717, 1.165) is 17.8 Å². The Kier molecular flexibility index (Phi) is 7.18. The molecule has 3 fully saturated rings. The average Bonchev–Trinajstić information content (AvgIpc) is 2.90. The monoisotopic (exact) mass is 522 g/mol. The minimum Gasteiger partial charge on any atom is -0.414 e. The smallest absolute Gasteiger partial charge is 0.184 e. The van der Waals surface area contributed by atoms with Crippen molar-refractivity contribution >= 4 is 25.0 Å². The van der Waals surface area contributed by atoms with Crippen molar-refractivity contribution in [3.8, 4) is 0 Å². The maximum atomic E-state index is 7.01. The van der Waals surface area contributed by atoms with E-state index in [2.05, 4.69) is 78.8 Å². The van der Waals surface area contributed by atoms with Crippen LogP contribution in [-0.4, -0.2) is 43.3 Å². The van der Waals surface area contributed by atoms with Crippen molar-refractivity contribution in [2.45, 2.75) is 136 Å². The molecule has 196 valence electrons. The van der Waals surface area contributed by atoms with Gasteiger partial charge in [-0.3, -0.25) is 0 Å². The van der Waals surface area contributed by atoms with Gasteiger partial charge in [-0.15, -0.1) is 0 Å². The number of allylic oxidation sites excluding steroid dienone is 1. The van der Waals surface area contributed by atoms with Gasteiger partial charge in [0.05, 0.1) is 12.2 Å². The normalized spacial score (nSPS) is 43.1. The van der Waals surface area contributed by atoms with E-state index in [1.165, 1.54) is 44.9 Å². The summed E-state index contributed by atoms with van der Waals surface area (Å²) in [6.07, 6.45) is 12.5. The van der Waals surface area contributed by atoms with Gasteiger partial charge in [-0.2, -0.15) is 0 Å². The number of hydrogen-bond donors (Lipinski definition) is 0. The summed E-state index contributed by atoms with van der Waals surface area (Å²) in [7, 11) is -4.79. The van der Waals surface area contributed by atoms with Crippen molar-refractivity contribution in [3.63, 3.8) is 0 Å². The van der Waals surface area contributed by atoms with Crippen molar-refractivity contribution in [1.29, 1.82) is 0 Å². The van der Waals surface area contributed by atoms with Gasteiger partial charge in [0, 0.05) is 6.10 Å². The summed E-state index contributed by atoms with van der Waals surface area (Å²) in [6, 6.07) is 0. The molecule has 0 aliphatic heterocycles. The van der Waals surface area contributed by atoms with Crippen LogP contribution in [0.3, 0.4) is 0 Å². The van der Waals surface area contributed by atoms with Crippen LogP contribution < -0.4 is 0 Å². The molecule has 8 atom stereocenters. The number of hydrogen-bond acceptors (Lipinski definition) is 3. The van der Waals surface area contributed by atoms with Gasteiger partial charge in [0.25, 0.3) is 0 Å². The van der Waals surface area contributed by atoms with Gasteiger partial charge in [0.2, 0.25) is 0 Å². The molecule has 3 nitrogen and oxygen atoms in total. The minimum absolute atomic E-state index is 0.256. The van der Waals surface area contributed by atoms with Crippen LogP contribution in [0.1, 0.15) is 58.8 Å². The van der Waals surface area contributed by atoms with Crippen LogP contribution in [0.5, 0.6) is 0 Å². The Morgan fingerprint density at radius 1 is 0.765 bits per heavy atom. The zero-order valence-corrected chi connectivity index (χ0v) is 27.2. The molecule has 0 N–H and O–H groups in total. The number of fused-ring (bicyclic) bond motifs is 5. The van der Waals surface area contributed by atoms with E-state index in [0.29, 0.717) is 11.5 Å². The van der Waals surface area contributed by atoms with E-state index in [-0.39, 0.29) is 17.6 Å². The van der Waals surface area contributed by atoms with Gasteiger partial charge in [-0.1, -0.05) is 25.5 Å². The average molecular weight is 523 g/mol. The van der Waals surface area contributed by atoms with Gasteiger partial charge in [0.1, 0.15) is 0 Å². The van der Waals surface area contributed by atoms with Crippen molar-refractivity contribution < 1.29 is 13.3 Å². The van der Waals surface area contributed by atoms with E-state index >= 15 is 0 Å². The molecule has 3 unspecified atom stereocenters. The number of rotatable bonds is 6. The Morgan fingerprint density at radius 3 is 1.97 bits per heavy atom. The van der Waals surface area contributed by atoms with E-state index in [4.69, 9.17) is 13.3 Å². The van der Waals surface area contributed by atoms with Gasteiger partial charge >= 0.3 is 0 Å². The maximum absolute atomic E-state index is 7.01. The Labute approximate surface area is 214 Å². The predicted octanol–water partition coefficient (Wildman–Crippen LogP) is 8.22. The molecule has 0 aromatic carbocycles. The Bertz CT molecular complexity index is 792. The molecule has 0 aromatic heterocycles. The SMILES string of the molecule is C[C@]12CC[C@H](O[Si](C)(C)C)CC1=CCC1C2CC[C@@]2(C)C1C[C@H](O[Si](C)(C)C)[C@@H]2O[Si](C)(C)C. The third-order valence-corrected chi connectivity index (χ3v) is 12.5. The molecule has 0 radical (unpaired) electrons. The molecule has 4 aliphatic rings. The summed E-state index contributed by atoms with van der Waals surface area (Å²) < 4.78 is 20.5. The molecule has 0 bridgehead atoms. The lowest BCUT2D eigenvalue weighted by Crippen LogP contribution is -2.53. The highest BCUT2D eigenvalue weighted by Crippen LogP contribution is 2.66. The predicted molar refractivity (Wildman–Crippen MR) is 152 cm³/mol. The van der Waals surface area contributed by atoms with Crippen LogP contribution in [-0.2, 0) is 13.3 Å². The van der Waals surface area contributed by atoms with E-state index < -0.39 is 25.0 Å². The van der Waals surface area contributed by atoms with Crippen molar-refractivity contribution in [2.75, 3.05) is 0 Å². The van der Waals surface area contributed by atoms with Crippen LogP contribution in [0.4, 0.5) is 0 Å². The summed E-state index contributed by atoms with van der Waals surface area (Å²) in [5.41, 5.74) is 2.36. The van der Waals surface area contributed by atoms with Gasteiger partial charge in [-0.05, 0) is 132 Å². The Balaban J connectivity index is 1.60. The lowest BCUT2D eigenvalue weighted by molar-refractivity contribution is -0.0734. The molecule has 0 spiro atoms. The van der Waals surface area contributed by atoms with Crippen LogP contribution in [0.15, 0.2) is 11.6 Å². The molecular weight excluding hydrogens is 469 g/mol. The lowest BCUT2D eigenvalue weighted by atomic mass is 9.48. The summed E-state index contributed by atoms with van der Waals surface area (Å²) in [6.45, 7) is 26.3. The van der Waals surface area contributed by atoms with Crippen molar-refractivity contribution in [2.24, 2.45) is 28.6 Å². The molecule has 4 rings (SSSR count). The highest BCUT2D eigenvalue weighted by molar-refractivity contribution is 6.70. The van der Waals surface area contributed by atoms with E-state index in [9.17, 15) is 0 Å². The standard InChI is InChI=1S/C28H54O3Si3/c1-27-16-14-21(29-32(3,4)5)18-20(27)12-13-22-23(27)15-17-28(2)24(22)19-25(30-33(6,7)8)26(28)31-34(9,10)11/h12,21-26H,13-19H2,1-11H3/t21-,22?,23?,24?,25-,26-,27-,28-/m0/s1. The second-order valence-electron chi connectivity index (χ2n) is 15.6. The Hall–Kier alpha value is 0.271. The van der Waals surface area contributed by atoms with Gasteiger partial charge in [0.15, 0.2) is 25.0 Å². The first-order chi connectivity index (χ1) is 15.4. The fourth-order valence-electron chi connectivity index (χ4n) is 8.33. The quantitative estimate of drug-likeness (QED) is 0.260. The summed E-state index contributed by atoms with van der Waals surface area (Å²) in [5.74, 6) is 2.32. The van der Waals surface area contributed by atoms with Gasteiger partial charge in [-0.25, -0.2) is 0 Å². The van der Waals surface area contributed by atoms with E-state index in [1.807, 2.05) is 0 Å². The molecule has 0 saturated heterocycles. The maximum Gasteiger partial charge on any atom is 0.184 e. The van der Waals surface area contributed by atoms with Gasteiger partial charge < -0.3 is 13.3 Å². The highest BCUT2D eigenvalue weighted by atomic mass is 28.4. The first kappa shape index (κ1) is 27.3. The minimum atomic E-state index is -1.66. The van der Waals surface area contributed by atoms with E-state index in [1.54, 1.807) is 5.57 Å². The van der Waals surface area contributed by atoms with Crippen LogP contribution in [0.25, 0.3) is 0 Å². The third-order valence-electron chi connectivity index (χ3n) is 9.48. The molecule has 0 heterocycles. The molecule has 34 heavy (non-hydrogen) atoms. The van der Waals surface area contributed by atoms with Crippen LogP contribution >= 0.6 is 0 Å². The molecular formula is C28H54O3Si3. The van der Waals surface area contributed by atoms with Crippen molar-refractivity contribution in [3.05, 3.63) is 11.6 Å². The zero-order valence-electron chi connectivity index (χ0n) is 24.2. The topological polar surface area (TPSA) is 27.7 Å². The molecule has 0 amide bonds. The molecule has 6 heteroatoms. The summed E-state index contributed by atoms with van der Waals surface area (Å²) in [4.78, 5) is 0. The lowest BCUT2D eigenvalue weighted by Gasteiger charge is -2.58. The third kappa shape index (κ3) is 5.42. The van der Waals surface area contributed by atoms with Crippen LogP contribution in [0, 0.1) is 28.6 Å². The fourth-order valence-corrected chi connectivity index (χ4v) is 11.8.